The molecule has 4 aromatic carbocycles. The fraction of sp³-hybridized carbons (Fsp3) is 0.161. The van der Waals surface area contributed by atoms with Crippen molar-refractivity contribution in [2.45, 2.75) is 30.9 Å². The van der Waals surface area contributed by atoms with E-state index in [2.05, 4.69) is 15.2 Å². The van der Waals surface area contributed by atoms with Crippen molar-refractivity contribution >= 4 is 27.8 Å². The molecule has 4 aromatic rings. The summed E-state index contributed by atoms with van der Waals surface area (Å²) in [5, 5.41) is 14.9. The van der Waals surface area contributed by atoms with Crippen molar-refractivity contribution in [2.24, 2.45) is 5.10 Å². The first-order chi connectivity index (χ1) is 20.6. The van der Waals surface area contributed by atoms with Gasteiger partial charge in [0, 0.05) is 18.6 Å². The summed E-state index contributed by atoms with van der Waals surface area (Å²) >= 11 is 0. The van der Waals surface area contributed by atoms with E-state index in [1.807, 2.05) is 6.92 Å². The Morgan fingerprint density at radius 1 is 0.977 bits per heavy atom. The highest BCUT2D eigenvalue weighted by Gasteiger charge is 2.23. The second-order valence-corrected chi connectivity index (χ2v) is 11.2. The number of hydrogen-bond acceptors (Lipinski definition) is 8. The fourth-order valence-corrected chi connectivity index (χ4v) is 5.28. The molecule has 4 rings (SSSR count). The van der Waals surface area contributed by atoms with E-state index in [9.17, 15) is 23.3 Å². The number of nitro benzene ring substituents is 1. The van der Waals surface area contributed by atoms with E-state index in [4.69, 9.17) is 9.47 Å². The first-order valence-electron chi connectivity index (χ1n) is 13.1. The van der Waals surface area contributed by atoms with Gasteiger partial charge in [0.05, 0.1) is 29.2 Å². The summed E-state index contributed by atoms with van der Waals surface area (Å²) in [6, 6.07) is 25.6. The van der Waals surface area contributed by atoms with Crippen LogP contribution in [0.3, 0.4) is 0 Å². The number of rotatable bonds is 13. The van der Waals surface area contributed by atoms with Crippen molar-refractivity contribution in [1.29, 1.82) is 0 Å². The van der Waals surface area contributed by atoms with Gasteiger partial charge >= 0.3 is 0 Å². The largest absolute Gasteiger partial charge is 0.493 e. The quantitative estimate of drug-likeness (QED) is 0.124. The number of carbonyl (C=O) groups is 1. The third kappa shape index (κ3) is 8.71. The smallest absolute Gasteiger partial charge is 0.269 e. The predicted octanol–water partition coefficient (Wildman–Crippen LogP) is 5.05. The molecule has 0 saturated carbocycles. The van der Waals surface area contributed by atoms with Gasteiger partial charge < -0.3 is 9.47 Å². The molecule has 0 heterocycles. The summed E-state index contributed by atoms with van der Waals surface area (Å²) < 4.78 is 39.9. The minimum atomic E-state index is -3.89. The number of benzene rings is 4. The van der Waals surface area contributed by atoms with Gasteiger partial charge in [-0.2, -0.15) is 5.10 Å². The minimum Gasteiger partial charge on any atom is -0.493 e. The van der Waals surface area contributed by atoms with Gasteiger partial charge in [-0.15, -0.1) is 0 Å². The van der Waals surface area contributed by atoms with Gasteiger partial charge in [0.15, 0.2) is 11.5 Å². The third-order valence-electron chi connectivity index (χ3n) is 6.35. The predicted molar refractivity (Wildman–Crippen MR) is 161 cm³/mol. The van der Waals surface area contributed by atoms with Crippen LogP contribution in [0.15, 0.2) is 107 Å². The van der Waals surface area contributed by atoms with Gasteiger partial charge in [0.1, 0.15) is 6.61 Å². The Kier molecular flexibility index (Phi) is 10.2. The van der Waals surface area contributed by atoms with E-state index in [1.165, 1.54) is 37.6 Å². The number of ether oxygens (including phenoxy) is 2. The van der Waals surface area contributed by atoms with Gasteiger partial charge in [-0.3, -0.25) is 14.9 Å². The molecule has 11 nitrogen and oxygen atoms in total. The van der Waals surface area contributed by atoms with Crippen molar-refractivity contribution < 1.29 is 27.6 Å². The molecule has 0 aliphatic carbocycles. The molecule has 0 fully saturated rings. The number of amides is 1. The van der Waals surface area contributed by atoms with Crippen LogP contribution in [0, 0.1) is 17.0 Å². The monoisotopic (exact) mass is 602 g/mol. The Labute approximate surface area is 249 Å². The fourth-order valence-electron chi connectivity index (χ4n) is 4.05. The lowest BCUT2D eigenvalue weighted by Crippen LogP contribution is -2.32. The summed E-state index contributed by atoms with van der Waals surface area (Å²) in [4.78, 5) is 23.3. The zero-order chi connectivity index (χ0) is 30.8. The first-order valence-corrected chi connectivity index (χ1v) is 14.6. The Morgan fingerprint density at radius 2 is 1.67 bits per heavy atom. The number of non-ortho nitro benzene ring substituents is 1. The molecule has 0 aliphatic heterocycles. The molecule has 2 N–H and O–H groups in total. The zero-order valence-electron chi connectivity index (χ0n) is 23.5. The summed E-state index contributed by atoms with van der Waals surface area (Å²) in [7, 11) is -2.41. The maximum absolute atomic E-state index is 13.0. The zero-order valence-corrected chi connectivity index (χ0v) is 24.3. The van der Waals surface area contributed by atoms with E-state index in [1.54, 1.807) is 72.8 Å². The van der Waals surface area contributed by atoms with Crippen molar-refractivity contribution in [1.82, 2.24) is 10.1 Å². The maximum Gasteiger partial charge on any atom is 0.269 e. The Balaban J connectivity index is 1.38. The standard InChI is InChI=1S/C31H30N4O7S/c1-22-8-15-27(16-9-22)43(39,40)34-28(25-6-4-3-5-7-25)19-31(36)33-32-20-24-12-17-29(30(18-24)41-2)42-21-23-10-13-26(14-11-23)35(37)38/h3-18,20,28,34H,19,21H2,1-2H3,(H,33,36)/b32-20-/t28-/m0/s1. The van der Waals surface area contributed by atoms with Crippen LogP contribution >= 0.6 is 0 Å². The van der Waals surface area contributed by atoms with Crippen LogP contribution in [0.4, 0.5) is 5.69 Å². The van der Waals surface area contributed by atoms with Gasteiger partial charge in [-0.1, -0.05) is 48.0 Å². The number of sulfonamides is 1. The third-order valence-corrected chi connectivity index (χ3v) is 7.84. The molecule has 0 radical (unpaired) electrons. The lowest BCUT2D eigenvalue weighted by Gasteiger charge is -2.18. The number of nitrogens with zero attached hydrogens (tertiary/aromatic N) is 2. The van der Waals surface area contributed by atoms with E-state index in [-0.39, 0.29) is 23.6 Å². The second kappa shape index (κ2) is 14.2. The van der Waals surface area contributed by atoms with Crippen molar-refractivity contribution in [3.8, 4) is 11.5 Å². The second-order valence-electron chi connectivity index (χ2n) is 9.52. The number of nitro groups is 1. The number of nitrogens with one attached hydrogen (secondary N) is 2. The minimum absolute atomic E-state index is 0.00353. The molecule has 1 amide bonds. The van der Waals surface area contributed by atoms with Crippen molar-refractivity contribution in [2.75, 3.05) is 7.11 Å². The molecule has 0 aliphatic rings. The summed E-state index contributed by atoms with van der Waals surface area (Å²) in [5.41, 5.74) is 5.36. The molecule has 0 bridgehead atoms. The summed E-state index contributed by atoms with van der Waals surface area (Å²) in [6.45, 7) is 2.04. The molecular formula is C31H30N4O7S. The highest BCUT2D eigenvalue weighted by molar-refractivity contribution is 7.89. The average Bonchev–Trinajstić information content (AvgIpc) is 3.00. The van der Waals surface area contributed by atoms with E-state index >= 15 is 0 Å². The summed E-state index contributed by atoms with van der Waals surface area (Å²) in [6.07, 6.45) is 1.24. The first kappa shape index (κ1) is 30.9. The van der Waals surface area contributed by atoms with Crippen LogP contribution in [-0.2, 0) is 21.4 Å². The molecular weight excluding hydrogens is 572 g/mol. The normalized spacial score (nSPS) is 12.0. The highest BCUT2D eigenvalue weighted by atomic mass is 32.2. The summed E-state index contributed by atoms with van der Waals surface area (Å²) in [5.74, 6) is 0.382. The highest BCUT2D eigenvalue weighted by Crippen LogP contribution is 2.28. The number of carbonyl (C=O) groups excluding carboxylic acids is 1. The molecule has 0 spiro atoms. The molecule has 0 unspecified atom stereocenters. The number of hydrazone groups is 1. The Hall–Kier alpha value is -5.07. The van der Waals surface area contributed by atoms with Crippen LogP contribution in [0.1, 0.15) is 34.7 Å². The van der Waals surface area contributed by atoms with E-state index in [0.717, 1.165) is 11.1 Å². The Morgan fingerprint density at radius 3 is 2.33 bits per heavy atom. The molecule has 43 heavy (non-hydrogen) atoms. The lowest BCUT2D eigenvalue weighted by molar-refractivity contribution is -0.384. The van der Waals surface area contributed by atoms with Gasteiger partial charge in [-0.25, -0.2) is 18.6 Å². The van der Waals surface area contributed by atoms with Crippen LogP contribution in [0.5, 0.6) is 11.5 Å². The molecule has 0 aromatic heterocycles. The van der Waals surface area contributed by atoms with Crippen LogP contribution in [-0.4, -0.2) is 32.6 Å². The number of methoxy groups -OCH3 is 1. The molecule has 1 atom stereocenters. The van der Waals surface area contributed by atoms with Crippen LogP contribution in [0.25, 0.3) is 0 Å². The number of hydrogen-bond donors (Lipinski definition) is 2. The van der Waals surface area contributed by atoms with Crippen molar-refractivity contribution in [3.05, 3.63) is 129 Å². The van der Waals surface area contributed by atoms with Crippen LogP contribution in [0.2, 0.25) is 0 Å². The Bertz CT molecular complexity index is 1690. The molecule has 222 valence electrons. The van der Waals surface area contributed by atoms with E-state index in [0.29, 0.717) is 22.6 Å². The van der Waals surface area contributed by atoms with Gasteiger partial charge in [0.2, 0.25) is 15.9 Å². The average molecular weight is 603 g/mol. The van der Waals surface area contributed by atoms with Gasteiger partial charge in [-0.05, 0) is 66.1 Å². The molecule has 12 heteroatoms. The van der Waals surface area contributed by atoms with Crippen LogP contribution < -0.4 is 19.6 Å². The van der Waals surface area contributed by atoms with Crippen molar-refractivity contribution in [3.63, 3.8) is 0 Å². The number of aryl methyl sites for hydroxylation is 1. The maximum atomic E-state index is 13.0. The van der Waals surface area contributed by atoms with E-state index < -0.39 is 26.9 Å². The lowest BCUT2D eigenvalue weighted by atomic mass is 10.0. The SMILES string of the molecule is COc1cc(/C=N\NC(=O)C[C@H](NS(=O)(=O)c2ccc(C)cc2)c2ccccc2)ccc1OCc1ccc([N+](=O)[O-])cc1. The topological polar surface area (TPSA) is 149 Å². The molecule has 0 saturated heterocycles. The van der Waals surface area contributed by atoms with Gasteiger partial charge in [0.25, 0.3) is 5.69 Å².